The number of hydrogen-bond donors (Lipinski definition) is 0. The fourth-order valence-corrected chi connectivity index (χ4v) is 1.30. The van der Waals surface area contributed by atoms with Gasteiger partial charge >= 0.3 is 0 Å². The Bertz CT molecular complexity index is 207. The van der Waals surface area contributed by atoms with E-state index in [1.807, 2.05) is 12.2 Å². The van der Waals surface area contributed by atoms with Crippen LogP contribution in [0.15, 0.2) is 37.0 Å². The van der Waals surface area contributed by atoms with Crippen LogP contribution in [-0.4, -0.2) is 26.9 Å². The summed E-state index contributed by atoms with van der Waals surface area (Å²) >= 11 is 0. The van der Waals surface area contributed by atoms with E-state index in [4.69, 9.17) is 9.47 Å². The molecule has 0 amide bonds. The number of ether oxygens (including phenoxy) is 2. The molecular weight excluding hydrogens is 200 g/mol. The van der Waals surface area contributed by atoms with Gasteiger partial charge in [0.05, 0.1) is 12.7 Å². The second-order valence-corrected chi connectivity index (χ2v) is 3.56. The van der Waals surface area contributed by atoms with E-state index in [1.54, 1.807) is 14.2 Å². The number of unbranched alkanes of at least 4 members (excludes halogenated alkanes) is 1. The summed E-state index contributed by atoms with van der Waals surface area (Å²) in [5.41, 5.74) is 0. The maximum absolute atomic E-state index is 5.19. The summed E-state index contributed by atoms with van der Waals surface area (Å²) in [6, 6.07) is 0. The average molecular weight is 224 g/mol. The molecule has 92 valence electrons. The summed E-state index contributed by atoms with van der Waals surface area (Å²) < 4.78 is 10.1. The van der Waals surface area contributed by atoms with Gasteiger partial charge in [-0.3, -0.25) is 0 Å². The molecule has 1 unspecified atom stereocenters. The van der Waals surface area contributed by atoms with E-state index >= 15 is 0 Å². The zero-order chi connectivity index (χ0) is 12.1. The molecule has 0 aromatic rings. The Morgan fingerprint density at radius 2 is 1.62 bits per heavy atom. The molecular formula is C14H24O2. The van der Waals surface area contributed by atoms with Crippen molar-refractivity contribution in [2.24, 2.45) is 0 Å². The maximum Gasteiger partial charge on any atom is 0.0752 e. The molecule has 0 aliphatic carbocycles. The highest BCUT2D eigenvalue weighted by molar-refractivity contribution is 4.89. The highest BCUT2D eigenvalue weighted by Crippen LogP contribution is 2.03. The molecule has 0 spiro atoms. The average Bonchev–Trinajstić information content (AvgIpc) is 2.32. The minimum atomic E-state index is 0.186. The van der Waals surface area contributed by atoms with Gasteiger partial charge < -0.3 is 9.47 Å². The van der Waals surface area contributed by atoms with Crippen molar-refractivity contribution in [1.82, 2.24) is 0 Å². The van der Waals surface area contributed by atoms with Gasteiger partial charge in [-0.05, 0) is 25.7 Å². The topological polar surface area (TPSA) is 18.5 Å². The highest BCUT2D eigenvalue weighted by atomic mass is 16.5. The predicted octanol–water partition coefficient (Wildman–Crippen LogP) is 3.51. The summed E-state index contributed by atoms with van der Waals surface area (Å²) in [5.74, 6) is 0. The fourth-order valence-electron chi connectivity index (χ4n) is 1.30. The van der Waals surface area contributed by atoms with Crippen molar-refractivity contribution in [3.63, 3.8) is 0 Å². The van der Waals surface area contributed by atoms with E-state index in [2.05, 4.69) is 24.8 Å². The summed E-state index contributed by atoms with van der Waals surface area (Å²) in [5, 5.41) is 0. The third kappa shape index (κ3) is 9.69. The number of allylic oxidation sites excluding steroid dienone is 3. The van der Waals surface area contributed by atoms with E-state index in [-0.39, 0.29) is 6.10 Å². The van der Waals surface area contributed by atoms with E-state index in [0.717, 1.165) is 25.7 Å². The Hall–Kier alpha value is -0.860. The van der Waals surface area contributed by atoms with Crippen LogP contribution in [0.2, 0.25) is 0 Å². The summed E-state index contributed by atoms with van der Waals surface area (Å²) in [6.45, 7) is 4.43. The van der Waals surface area contributed by atoms with Gasteiger partial charge in [-0.2, -0.15) is 0 Å². The highest BCUT2D eigenvalue weighted by Gasteiger charge is 1.97. The van der Waals surface area contributed by atoms with Crippen molar-refractivity contribution in [1.29, 1.82) is 0 Å². The maximum atomic E-state index is 5.19. The van der Waals surface area contributed by atoms with Gasteiger partial charge in [-0.1, -0.05) is 30.4 Å². The Morgan fingerprint density at radius 1 is 1.00 bits per heavy atom. The second kappa shape index (κ2) is 12.2. The van der Waals surface area contributed by atoms with Crippen molar-refractivity contribution >= 4 is 0 Å². The third-order valence-corrected chi connectivity index (χ3v) is 2.28. The molecule has 0 aromatic heterocycles. The molecule has 0 aliphatic rings. The molecule has 0 aromatic carbocycles. The van der Waals surface area contributed by atoms with Crippen molar-refractivity contribution in [2.45, 2.75) is 31.8 Å². The van der Waals surface area contributed by atoms with Crippen LogP contribution in [0.3, 0.4) is 0 Å². The lowest BCUT2D eigenvalue weighted by atomic mass is 10.1. The van der Waals surface area contributed by atoms with Gasteiger partial charge in [-0.15, -0.1) is 6.58 Å². The number of methoxy groups -OCH3 is 2. The molecule has 0 fully saturated rings. The van der Waals surface area contributed by atoms with E-state index in [9.17, 15) is 0 Å². The van der Waals surface area contributed by atoms with Crippen molar-refractivity contribution in [3.05, 3.63) is 37.0 Å². The molecule has 2 nitrogen and oxygen atoms in total. The summed E-state index contributed by atoms with van der Waals surface area (Å²) in [6.07, 6.45) is 14.9. The van der Waals surface area contributed by atoms with E-state index in [0.29, 0.717) is 6.61 Å². The minimum Gasteiger partial charge on any atom is -0.381 e. The van der Waals surface area contributed by atoms with Crippen LogP contribution in [0, 0.1) is 0 Å². The van der Waals surface area contributed by atoms with Crippen molar-refractivity contribution in [2.75, 3.05) is 20.8 Å². The molecule has 2 heteroatoms. The second-order valence-electron chi connectivity index (χ2n) is 3.56. The first-order chi connectivity index (χ1) is 7.85. The summed E-state index contributed by atoms with van der Waals surface area (Å²) in [7, 11) is 3.42. The lowest BCUT2D eigenvalue weighted by Crippen LogP contribution is -2.04. The third-order valence-electron chi connectivity index (χ3n) is 2.28. The van der Waals surface area contributed by atoms with Gasteiger partial charge in [0.1, 0.15) is 0 Å². The molecule has 0 saturated heterocycles. The zero-order valence-electron chi connectivity index (χ0n) is 10.5. The standard InChI is InChI=1S/C14H24O2/c1-4-14(16-3)12-10-8-6-5-7-9-11-13-15-2/h4,6,8-9,11,14H,1,5,7,10,12-13H2,2-3H3/b8-6+,11-9+. The molecule has 0 aliphatic heterocycles. The number of hydrogen-bond acceptors (Lipinski definition) is 2. The van der Waals surface area contributed by atoms with Crippen LogP contribution in [0.4, 0.5) is 0 Å². The molecule has 0 N–H and O–H groups in total. The van der Waals surface area contributed by atoms with Crippen LogP contribution >= 0.6 is 0 Å². The summed E-state index contributed by atoms with van der Waals surface area (Å²) in [4.78, 5) is 0. The van der Waals surface area contributed by atoms with Crippen LogP contribution in [0.25, 0.3) is 0 Å². The Morgan fingerprint density at radius 3 is 2.19 bits per heavy atom. The van der Waals surface area contributed by atoms with Crippen LogP contribution in [-0.2, 0) is 9.47 Å². The van der Waals surface area contributed by atoms with E-state index in [1.165, 1.54) is 0 Å². The SMILES string of the molecule is C=CC(CC/C=C/CC/C=C/COC)OC. The molecule has 0 saturated carbocycles. The molecule has 0 heterocycles. The molecule has 1 atom stereocenters. The normalized spacial score (nSPS) is 13.6. The Kier molecular flexibility index (Phi) is 11.6. The largest absolute Gasteiger partial charge is 0.381 e. The lowest BCUT2D eigenvalue weighted by Gasteiger charge is -2.07. The Labute approximate surface area is 99.6 Å². The van der Waals surface area contributed by atoms with Crippen molar-refractivity contribution < 1.29 is 9.47 Å². The monoisotopic (exact) mass is 224 g/mol. The molecule has 0 radical (unpaired) electrons. The first-order valence-corrected chi connectivity index (χ1v) is 5.79. The molecule has 16 heavy (non-hydrogen) atoms. The van der Waals surface area contributed by atoms with E-state index < -0.39 is 0 Å². The van der Waals surface area contributed by atoms with Gasteiger partial charge in [-0.25, -0.2) is 0 Å². The first-order valence-electron chi connectivity index (χ1n) is 5.79. The van der Waals surface area contributed by atoms with Crippen LogP contribution in [0.5, 0.6) is 0 Å². The van der Waals surface area contributed by atoms with Crippen LogP contribution in [0.1, 0.15) is 25.7 Å². The minimum absolute atomic E-state index is 0.186. The van der Waals surface area contributed by atoms with Crippen LogP contribution < -0.4 is 0 Å². The smallest absolute Gasteiger partial charge is 0.0752 e. The fraction of sp³-hybridized carbons (Fsp3) is 0.571. The molecule has 0 rings (SSSR count). The molecule has 0 bridgehead atoms. The zero-order valence-corrected chi connectivity index (χ0v) is 10.5. The predicted molar refractivity (Wildman–Crippen MR) is 69.6 cm³/mol. The number of rotatable bonds is 10. The van der Waals surface area contributed by atoms with Gasteiger partial charge in [0.2, 0.25) is 0 Å². The quantitative estimate of drug-likeness (QED) is 0.417. The lowest BCUT2D eigenvalue weighted by molar-refractivity contribution is 0.135. The first kappa shape index (κ1) is 15.1. The van der Waals surface area contributed by atoms with Gasteiger partial charge in [0, 0.05) is 14.2 Å². The van der Waals surface area contributed by atoms with Crippen molar-refractivity contribution in [3.8, 4) is 0 Å². The van der Waals surface area contributed by atoms with Gasteiger partial charge in [0.15, 0.2) is 0 Å². The Balaban J connectivity index is 3.37. The van der Waals surface area contributed by atoms with Gasteiger partial charge in [0.25, 0.3) is 0 Å².